The third kappa shape index (κ3) is 2.39. The smallest absolute Gasteiger partial charge is 0.397 e. The van der Waals surface area contributed by atoms with Crippen molar-refractivity contribution >= 4 is 21.6 Å². The Morgan fingerprint density at radius 2 is 1.73 bits per heavy atom. The third-order valence-corrected chi connectivity index (χ3v) is 2.61. The molecule has 1 nitrogen and oxygen atoms in total. The minimum atomic E-state index is -4.62. The molecule has 0 radical (unpaired) electrons. The highest BCUT2D eigenvalue weighted by Crippen LogP contribution is 2.40. The lowest BCUT2D eigenvalue weighted by Crippen LogP contribution is -2.09. The lowest BCUT2D eigenvalue weighted by atomic mass is 10.1. The number of hydrogen-bond acceptors (Lipinski definition) is 1. The second-order valence-corrected chi connectivity index (χ2v) is 3.52. The summed E-state index contributed by atoms with van der Waals surface area (Å²) >= 11 is 2.56. The monoisotopic (exact) mass is 289 g/mol. The van der Waals surface area contributed by atoms with Crippen LogP contribution in [0.4, 0.5) is 27.6 Å². The molecule has 0 unspecified atom stereocenters. The molecule has 1 rings (SSSR count). The predicted octanol–water partition coefficient (Wildman–Crippen LogP) is 3.99. The van der Waals surface area contributed by atoms with Crippen molar-refractivity contribution in [1.29, 1.82) is 0 Å². The highest BCUT2D eigenvalue weighted by atomic mass is 79.9. The standard InChI is InChI=1S/C8H5BrF5N/c9-5-4(8(12,13)14)2-1-3(6(5)15)7(10)11/h1-2,7H,15H2. The number of halogens is 6. The average molecular weight is 290 g/mol. The lowest BCUT2D eigenvalue weighted by molar-refractivity contribution is -0.138. The van der Waals surface area contributed by atoms with Crippen molar-refractivity contribution in [2.24, 2.45) is 0 Å². The van der Waals surface area contributed by atoms with Crippen molar-refractivity contribution in [2.45, 2.75) is 12.6 Å². The van der Waals surface area contributed by atoms with Gasteiger partial charge in [-0.05, 0) is 22.0 Å². The highest BCUT2D eigenvalue weighted by Gasteiger charge is 2.34. The summed E-state index contributed by atoms with van der Waals surface area (Å²) in [4.78, 5) is 0. The van der Waals surface area contributed by atoms with E-state index in [2.05, 4.69) is 15.9 Å². The number of alkyl halides is 5. The van der Waals surface area contributed by atoms with Gasteiger partial charge < -0.3 is 5.73 Å². The van der Waals surface area contributed by atoms with Crippen molar-refractivity contribution in [3.63, 3.8) is 0 Å². The first-order valence-corrected chi connectivity index (χ1v) is 4.47. The van der Waals surface area contributed by atoms with Gasteiger partial charge in [0, 0.05) is 5.56 Å². The molecule has 0 saturated carbocycles. The van der Waals surface area contributed by atoms with E-state index < -0.39 is 33.9 Å². The summed E-state index contributed by atoms with van der Waals surface area (Å²) < 4.78 is 60.8. The summed E-state index contributed by atoms with van der Waals surface area (Å²) in [6.45, 7) is 0. The Morgan fingerprint density at radius 1 is 1.20 bits per heavy atom. The third-order valence-electron chi connectivity index (χ3n) is 1.75. The van der Waals surface area contributed by atoms with Crippen LogP contribution in [0.5, 0.6) is 0 Å². The maximum Gasteiger partial charge on any atom is 0.417 e. The summed E-state index contributed by atoms with van der Waals surface area (Å²) in [6.07, 6.45) is -7.52. The summed E-state index contributed by atoms with van der Waals surface area (Å²) in [7, 11) is 0. The van der Waals surface area contributed by atoms with E-state index in [1.165, 1.54) is 0 Å². The van der Waals surface area contributed by atoms with Crippen LogP contribution in [0.25, 0.3) is 0 Å². The molecular weight excluding hydrogens is 285 g/mol. The fourth-order valence-corrected chi connectivity index (χ4v) is 1.60. The first-order chi connectivity index (χ1) is 6.75. The SMILES string of the molecule is Nc1c(C(F)F)ccc(C(F)(F)F)c1Br. The summed E-state index contributed by atoms with van der Waals surface area (Å²) in [5.41, 5.74) is 2.89. The molecule has 0 bridgehead atoms. The Balaban J connectivity index is 3.34. The Bertz CT molecular complexity index is 374. The number of anilines is 1. The molecule has 0 atom stereocenters. The van der Waals surface area contributed by atoms with E-state index in [0.29, 0.717) is 12.1 Å². The minimum Gasteiger partial charge on any atom is -0.397 e. The molecule has 84 valence electrons. The van der Waals surface area contributed by atoms with Gasteiger partial charge in [0.25, 0.3) is 6.43 Å². The molecule has 1 aromatic rings. The molecular formula is C8H5BrF5N. The average Bonchev–Trinajstić information content (AvgIpc) is 2.06. The lowest BCUT2D eigenvalue weighted by Gasteiger charge is -2.13. The zero-order chi connectivity index (χ0) is 11.8. The summed E-state index contributed by atoms with van der Waals surface area (Å²) in [6, 6.07) is 1.25. The second-order valence-electron chi connectivity index (χ2n) is 2.73. The van der Waals surface area contributed by atoms with Crippen molar-refractivity contribution in [3.8, 4) is 0 Å². The van der Waals surface area contributed by atoms with Crippen LogP contribution in [0.2, 0.25) is 0 Å². The van der Waals surface area contributed by atoms with Crippen molar-refractivity contribution in [2.75, 3.05) is 5.73 Å². The Hall–Kier alpha value is -0.850. The summed E-state index contributed by atoms with van der Waals surface area (Å²) in [5.74, 6) is 0. The number of nitrogen functional groups attached to an aromatic ring is 1. The minimum absolute atomic E-state index is 0.548. The normalized spacial score (nSPS) is 12.2. The van der Waals surface area contributed by atoms with E-state index in [9.17, 15) is 22.0 Å². The van der Waals surface area contributed by atoms with E-state index >= 15 is 0 Å². The molecule has 0 aliphatic heterocycles. The van der Waals surface area contributed by atoms with Gasteiger partial charge in [-0.3, -0.25) is 0 Å². The zero-order valence-electron chi connectivity index (χ0n) is 7.08. The molecule has 0 fully saturated rings. The molecule has 0 heterocycles. The van der Waals surface area contributed by atoms with Crippen LogP contribution < -0.4 is 5.73 Å². The van der Waals surface area contributed by atoms with Crippen LogP contribution in [0.3, 0.4) is 0 Å². The molecule has 0 aliphatic carbocycles. The quantitative estimate of drug-likeness (QED) is 0.614. The van der Waals surface area contributed by atoms with E-state index in [1.54, 1.807) is 0 Å². The maximum absolute atomic E-state index is 12.3. The van der Waals surface area contributed by atoms with Crippen LogP contribution in [-0.2, 0) is 6.18 Å². The van der Waals surface area contributed by atoms with E-state index in [4.69, 9.17) is 5.73 Å². The first-order valence-electron chi connectivity index (χ1n) is 3.68. The molecule has 7 heteroatoms. The van der Waals surface area contributed by atoms with Gasteiger partial charge in [-0.1, -0.05) is 6.07 Å². The molecule has 0 saturated heterocycles. The van der Waals surface area contributed by atoms with E-state index in [1.807, 2.05) is 0 Å². The van der Waals surface area contributed by atoms with Gasteiger partial charge in [-0.2, -0.15) is 13.2 Å². The van der Waals surface area contributed by atoms with Crippen molar-refractivity contribution in [3.05, 3.63) is 27.7 Å². The molecule has 2 N–H and O–H groups in total. The highest BCUT2D eigenvalue weighted by molar-refractivity contribution is 9.10. The fourth-order valence-electron chi connectivity index (χ4n) is 1.02. The topological polar surface area (TPSA) is 26.0 Å². The number of nitrogens with two attached hydrogens (primary N) is 1. The van der Waals surface area contributed by atoms with Gasteiger partial charge in [-0.25, -0.2) is 8.78 Å². The van der Waals surface area contributed by atoms with E-state index in [0.717, 1.165) is 0 Å². The largest absolute Gasteiger partial charge is 0.417 e. The van der Waals surface area contributed by atoms with Gasteiger partial charge in [0.05, 0.1) is 15.7 Å². The fraction of sp³-hybridized carbons (Fsp3) is 0.250. The Morgan fingerprint density at radius 3 is 2.13 bits per heavy atom. The molecule has 0 aliphatic rings. The number of hydrogen-bond donors (Lipinski definition) is 1. The van der Waals surface area contributed by atoms with Crippen LogP contribution in [0.1, 0.15) is 17.6 Å². The summed E-state index contributed by atoms with van der Waals surface area (Å²) in [5, 5.41) is 0. The molecule has 1 aromatic carbocycles. The molecule has 0 spiro atoms. The molecule has 0 amide bonds. The van der Waals surface area contributed by atoms with Crippen LogP contribution in [0.15, 0.2) is 16.6 Å². The maximum atomic E-state index is 12.3. The molecule has 0 aromatic heterocycles. The van der Waals surface area contributed by atoms with E-state index in [-0.39, 0.29) is 0 Å². The number of benzene rings is 1. The Kier molecular flexibility index (Phi) is 3.22. The van der Waals surface area contributed by atoms with Crippen LogP contribution >= 0.6 is 15.9 Å². The van der Waals surface area contributed by atoms with Crippen molar-refractivity contribution < 1.29 is 22.0 Å². The van der Waals surface area contributed by atoms with Gasteiger partial charge >= 0.3 is 6.18 Å². The van der Waals surface area contributed by atoms with Crippen molar-refractivity contribution in [1.82, 2.24) is 0 Å². The van der Waals surface area contributed by atoms with Gasteiger partial charge in [0.15, 0.2) is 0 Å². The first kappa shape index (κ1) is 12.2. The van der Waals surface area contributed by atoms with Crippen LogP contribution in [0, 0.1) is 0 Å². The predicted molar refractivity (Wildman–Crippen MR) is 48.5 cm³/mol. The van der Waals surface area contributed by atoms with Gasteiger partial charge in [0.1, 0.15) is 0 Å². The zero-order valence-corrected chi connectivity index (χ0v) is 8.66. The number of rotatable bonds is 1. The van der Waals surface area contributed by atoms with Gasteiger partial charge in [-0.15, -0.1) is 0 Å². The Labute approximate surface area is 90.2 Å². The van der Waals surface area contributed by atoms with Gasteiger partial charge in [0.2, 0.25) is 0 Å². The molecule has 15 heavy (non-hydrogen) atoms. The second kappa shape index (κ2) is 3.96. The van der Waals surface area contributed by atoms with Crippen LogP contribution in [-0.4, -0.2) is 0 Å².